The second kappa shape index (κ2) is 9.00. The Kier molecular flexibility index (Phi) is 6.11. The van der Waals surface area contributed by atoms with Crippen molar-refractivity contribution in [3.05, 3.63) is 71.3 Å². The van der Waals surface area contributed by atoms with E-state index in [9.17, 15) is 17.6 Å². The van der Waals surface area contributed by atoms with Gasteiger partial charge in [-0.3, -0.25) is 9.62 Å². The minimum absolute atomic E-state index is 0.117. The molecule has 10 nitrogen and oxygen atoms in total. The van der Waals surface area contributed by atoms with E-state index < -0.39 is 22.1 Å². The average Bonchev–Trinajstić information content (AvgIpc) is 2.78. The van der Waals surface area contributed by atoms with Crippen LogP contribution in [-0.2, 0) is 23.3 Å². The van der Waals surface area contributed by atoms with E-state index in [1.165, 1.54) is 30.1 Å². The fourth-order valence-electron chi connectivity index (χ4n) is 3.23. The molecule has 2 N–H and O–H groups in total. The summed E-state index contributed by atoms with van der Waals surface area (Å²) in [5.74, 6) is -0.0155. The minimum atomic E-state index is -3.89. The van der Waals surface area contributed by atoms with E-state index in [-0.39, 0.29) is 30.4 Å². The Labute approximate surface area is 189 Å². The van der Waals surface area contributed by atoms with Gasteiger partial charge in [0.05, 0.1) is 18.8 Å². The maximum absolute atomic E-state index is 14.9. The van der Waals surface area contributed by atoms with Gasteiger partial charge in [-0.15, -0.1) is 0 Å². The molecule has 0 unspecified atom stereocenters. The molecular weight excluding hydrogens is 453 g/mol. The molecule has 4 rings (SSSR count). The van der Waals surface area contributed by atoms with Crippen LogP contribution >= 0.6 is 0 Å². The van der Waals surface area contributed by atoms with Crippen LogP contribution in [0, 0.1) is 12.7 Å². The van der Waals surface area contributed by atoms with Crippen LogP contribution in [0.1, 0.15) is 16.7 Å². The Morgan fingerprint density at radius 1 is 1.21 bits per heavy atom. The number of benzene rings is 2. The summed E-state index contributed by atoms with van der Waals surface area (Å²) in [6.45, 7) is 1.88. The second-order valence-electron chi connectivity index (χ2n) is 7.17. The number of anilines is 1. The third-order valence-electron chi connectivity index (χ3n) is 4.87. The highest BCUT2D eigenvalue weighted by atomic mass is 32.2. The summed E-state index contributed by atoms with van der Waals surface area (Å²) in [5, 5.41) is 0. The fourth-order valence-corrected chi connectivity index (χ4v) is 3.77. The summed E-state index contributed by atoms with van der Waals surface area (Å²) in [5.41, 5.74) is 1.38. The van der Waals surface area contributed by atoms with E-state index in [0.29, 0.717) is 17.1 Å². The predicted octanol–water partition coefficient (Wildman–Crippen LogP) is 3.11. The van der Waals surface area contributed by atoms with Crippen molar-refractivity contribution < 1.29 is 27.1 Å². The van der Waals surface area contributed by atoms with Gasteiger partial charge in [0.2, 0.25) is 0 Å². The van der Waals surface area contributed by atoms with Crippen LogP contribution < -0.4 is 18.9 Å². The first-order valence-electron chi connectivity index (χ1n) is 9.79. The summed E-state index contributed by atoms with van der Waals surface area (Å²) in [6.07, 6.45) is 2.42. The van der Waals surface area contributed by atoms with Crippen LogP contribution in [0.2, 0.25) is 0 Å². The van der Waals surface area contributed by atoms with Gasteiger partial charge < -0.3 is 9.47 Å². The first-order chi connectivity index (χ1) is 15.8. The molecule has 1 aliphatic heterocycles. The number of carbonyl (C=O) groups excluding carboxylic acids is 1. The molecular formula is C21H20FN5O5S. The molecule has 0 bridgehead atoms. The van der Waals surface area contributed by atoms with Crippen molar-refractivity contribution in [1.82, 2.24) is 19.6 Å². The highest BCUT2D eigenvalue weighted by Crippen LogP contribution is 2.35. The molecule has 0 spiro atoms. The number of ether oxygens (including phenoxy) is 2. The van der Waals surface area contributed by atoms with Crippen molar-refractivity contribution in [1.29, 1.82) is 0 Å². The van der Waals surface area contributed by atoms with Gasteiger partial charge in [-0.05, 0) is 30.7 Å². The van der Waals surface area contributed by atoms with E-state index in [1.807, 2.05) is 6.92 Å². The van der Waals surface area contributed by atoms with Crippen LogP contribution in [0.25, 0.3) is 0 Å². The van der Waals surface area contributed by atoms with Crippen molar-refractivity contribution in [2.75, 3.05) is 11.8 Å². The van der Waals surface area contributed by atoms with Gasteiger partial charge in [0.1, 0.15) is 11.5 Å². The highest BCUT2D eigenvalue weighted by molar-refractivity contribution is 7.90. The number of halogens is 1. The molecule has 0 atom stereocenters. The summed E-state index contributed by atoms with van der Waals surface area (Å²) >= 11 is 0. The van der Waals surface area contributed by atoms with Gasteiger partial charge in [0.25, 0.3) is 10.2 Å². The quantitative estimate of drug-likeness (QED) is 0.541. The molecule has 3 aromatic rings. The molecule has 1 amide bonds. The molecule has 172 valence electrons. The van der Waals surface area contributed by atoms with Gasteiger partial charge in [0.15, 0.2) is 5.82 Å². The van der Waals surface area contributed by atoms with E-state index in [1.54, 1.807) is 30.6 Å². The molecule has 2 aromatic carbocycles. The molecule has 0 fully saturated rings. The standard InChI is InChI=1S/C21H20FN5O5S/c1-13-9-15-12-27(11-14-5-3-6-16(19(14)22)26-33(29,30)23-2)21(28)32-18(15)10-17(13)31-20-24-7-4-8-25-20/h3-10,23,26H,11-12H2,1-2H3. The average molecular weight is 473 g/mol. The number of rotatable bonds is 7. The summed E-state index contributed by atoms with van der Waals surface area (Å²) in [6, 6.07) is 9.47. The van der Waals surface area contributed by atoms with Gasteiger partial charge >= 0.3 is 12.1 Å². The molecule has 0 aliphatic carbocycles. The van der Waals surface area contributed by atoms with E-state index in [4.69, 9.17) is 9.47 Å². The lowest BCUT2D eigenvalue weighted by atomic mass is 10.1. The van der Waals surface area contributed by atoms with Crippen LogP contribution in [0.3, 0.4) is 0 Å². The number of nitrogens with one attached hydrogen (secondary N) is 2. The van der Waals surface area contributed by atoms with Crippen LogP contribution in [-0.4, -0.2) is 36.4 Å². The predicted molar refractivity (Wildman–Crippen MR) is 117 cm³/mol. The Hall–Kier alpha value is -3.77. The highest BCUT2D eigenvalue weighted by Gasteiger charge is 2.27. The lowest BCUT2D eigenvalue weighted by Gasteiger charge is -2.29. The largest absolute Gasteiger partial charge is 0.424 e. The number of aromatic nitrogens is 2. The lowest BCUT2D eigenvalue weighted by molar-refractivity contribution is 0.134. The Morgan fingerprint density at radius 2 is 1.97 bits per heavy atom. The molecule has 0 saturated carbocycles. The van der Waals surface area contributed by atoms with Gasteiger partial charge in [0, 0.05) is 36.6 Å². The zero-order valence-corrected chi connectivity index (χ0v) is 18.5. The third kappa shape index (κ3) is 5.02. The van der Waals surface area contributed by atoms with Gasteiger partial charge in [-0.1, -0.05) is 12.1 Å². The van der Waals surface area contributed by atoms with Crippen LogP contribution in [0.15, 0.2) is 48.8 Å². The van der Waals surface area contributed by atoms with Crippen LogP contribution in [0.5, 0.6) is 17.5 Å². The van der Waals surface area contributed by atoms with Gasteiger partial charge in [-0.25, -0.2) is 23.9 Å². The normalized spacial score (nSPS) is 13.3. The number of hydrogen-bond acceptors (Lipinski definition) is 7. The monoisotopic (exact) mass is 473 g/mol. The number of fused-ring (bicyclic) bond motifs is 1. The zero-order chi connectivity index (χ0) is 23.6. The van der Waals surface area contributed by atoms with Crippen molar-refractivity contribution in [2.24, 2.45) is 0 Å². The van der Waals surface area contributed by atoms with Crippen LogP contribution in [0.4, 0.5) is 14.9 Å². The molecule has 33 heavy (non-hydrogen) atoms. The maximum Gasteiger partial charge on any atom is 0.415 e. The van der Waals surface area contributed by atoms with E-state index in [2.05, 4.69) is 19.4 Å². The summed E-state index contributed by atoms with van der Waals surface area (Å²) < 4.78 is 53.5. The number of amides is 1. The van der Waals surface area contributed by atoms with Crippen molar-refractivity contribution in [2.45, 2.75) is 20.0 Å². The number of carbonyl (C=O) groups is 1. The van der Waals surface area contributed by atoms with E-state index in [0.717, 1.165) is 5.56 Å². The zero-order valence-electron chi connectivity index (χ0n) is 17.7. The molecule has 1 aliphatic rings. The minimum Gasteiger partial charge on any atom is -0.424 e. The van der Waals surface area contributed by atoms with E-state index >= 15 is 0 Å². The summed E-state index contributed by atoms with van der Waals surface area (Å²) in [4.78, 5) is 21.9. The number of nitrogens with zero attached hydrogens (tertiary/aromatic N) is 3. The third-order valence-corrected chi connectivity index (χ3v) is 5.90. The summed E-state index contributed by atoms with van der Waals surface area (Å²) in [7, 11) is -2.69. The van der Waals surface area contributed by atoms with Crippen molar-refractivity contribution >= 4 is 22.0 Å². The molecule has 2 heterocycles. The fraction of sp³-hybridized carbons (Fsp3) is 0.190. The molecule has 0 radical (unpaired) electrons. The molecule has 0 saturated heterocycles. The Bertz CT molecular complexity index is 1300. The maximum atomic E-state index is 14.9. The van der Waals surface area contributed by atoms with Gasteiger partial charge in [-0.2, -0.15) is 8.42 Å². The molecule has 12 heteroatoms. The van der Waals surface area contributed by atoms with Crippen molar-refractivity contribution in [3.63, 3.8) is 0 Å². The SMILES string of the molecule is CNS(=O)(=O)Nc1cccc(CN2Cc3cc(C)c(Oc4ncccn4)cc3OC2=O)c1F. The number of hydrogen-bond donors (Lipinski definition) is 2. The topological polar surface area (TPSA) is 123 Å². The first-order valence-corrected chi connectivity index (χ1v) is 11.3. The Balaban J connectivity index is 1.54. The second-order valence-corrected chi connectivity index (χ2v) is 8.79. The Morgan fingerprint density at radius 3 is 2.70 bits per heavy atom. The van der Waals surface area contributed by atoms with Crippen molar-refractivity contribution in [3.8, 4) is 17.5 Å². The molecule has 1 aromatic heterocycles. The first kappa shape index (κ1) is 22.4. The smallest absolute Gasteiger partial charge is 0.415 e. The number of aryl methyl sites for hydroxylation is 1. The lowest BCUT2D eigenvalue weighted by Crippen LogP contribution is -2.36.